The third-order valence-corrected chi connectivity index (χ3v) is 3.58. The zero-order valence-corrected chi connectivity index (χ0v) is 11.3. The summed E-state index contributed by atoms with van der Waals surface area (Å²) in [5, 5.41) is 3.44. The topological polar surface area (TPSA) is 21.3 Å². The molecular weight excluding hydrogens is 198 g/mol. The minimum Gasteiger partial charge on any atom is -0.378 e. The van der Waals surface area contributed by atoms with Crippen LogP contribution in [-0.4, -0.2) is 25.3 Å². The fourth-order valence-corrected chi connectivity index (χ4v) is 2.62. The third-order valence-electron chi connectivity index (χ3n) is 3.58. The summed E-state index contributed by atoms with van der Waals surface area (Å²) in [6.07, 6.45) is 8.31. The first-order chi connectivity index (χ1) is 7.72. The van der Waals surface area contributed by atoms with E-state index in [1.807, 2.05) is 0 Å². The molecule has 0 heterocycles. The number of nitrogens with one attached hydrogen (secondary N) is 1. The predicted octanol–water partition coefficient (Wildman–Crippen LogP) is 3.36. The quantitative estimate of drug-likeness (QED) is 0.673. The van der Waals surface area contributed by atoms with Gasteiger partial charge in [-0.1, -0.05) is 26.7 Å². The van der Waals surface area contributed by atoms with Gasteiger partial charge in [-0.15, -0.1) is 0 Å². The van der Waals surface area contributed by atoms with Gasteiger partial charge in [0, 0.05) is 12.6 Å². The standard InChI is InChI=1S/C14H29NO/c1-4-15-13(3)8-6-10-16-14-9-5-7-12(2)11-14/h12-15H,4-11H2,1-3H3. The van der Waals surface area contributed by atoms with Gasteiger partial charge in [-0.25, -0.2) is 0 Å². The minimum absolute atomic E-state index is 0.554. The first kappa shape index (κ1) is 14.0. The van der Waals surface area contributed by atoms with Crippen LogP contribution in [0.25, 0.3) is 0 Å². The Morgan fingerprint density at radius 1 is 1.38 bits per heavy atom. The second-order valence-corrected chi connectivity index (χ2v) is 5.37. The molecule has 0 bridgehead atoms. The van der Waals surface area contributed by atoms with Crippen LogP contribution in [0, 0.1) is 5.92 Å². The highest BCUT2D eigenvalue weighted by Crippen LogP contribution is 2.25. The molecule has 1 aliphatic rings. The zero-order valence-electron chi connectivity index (χ0n) is 11.3. The lowest BCUT2D eigenvalue weighted by Gasteiger charge is -2.27. The van der Waals surface area contributed by atoms with Crippen molar-refractivity contribution in [3.8, 4) is 0 Å². The zero-order chi connectivity index (χ0) is 11.8. The molecule has 1 rings (SSSR count). The summed E-state index contributed by atoms with van der Waals surface area (Å²) in [5.74, 6) is 0.874. The Kier molecular flexibility index (Phi) is 7.06. The van der Waals surface area contributed by atoms with Crippen LogP contribution in [0.5, 0.6) is 0 Å². The highest BCUT2D eigenvalue weighted by Gasteiger charge is 2.18. The Hall–Kier alpha value is -0.0800. The number of hydrogen-bond donors (Lipinski definition) is 1. The Balaban J connectivity index is 1.98. The maximum Gasteiger partial charge on any atom is 0.0577 e. The molecule has 1 N–H and O–H groups in total. The molecule has 96 valence electrons. The van der Waals surface area contributed by atoms with E-state index in [-0.39, 0.29) is 0 Å². The lowest BCUT2D eigenvalue weighted by atomic mass is 9.89. The van der Waals surface area contributed by atoms with Gasteiger partial charge in [-0.3, -0.25) is 0 Å². The van der Waals surface area contributed by atoms with E-state index in [0.29, 0.717) is 12.1 Å². The molecule has 0 aromatic heterocycles. The molecular formula is C14H29NO. The predicted molar refractivity (Wildman–Crippen MR) is 69.7 cm³/mol. The highest BCUT2D eigenvalue weighted by molar-refractivity contribution is 4.70. The second-order valence-electron chi connectivity index (χ2n) is 5.37. The molecule has 2 heteroatoms. The van der Waals surface area contributed by atoms with Gasteiger partial charge in [0.25, 0.3) is 0 Å². The third kappa shape index (κ3) is 5.86. The molecule has 1 aliphatic carbocycles. The summed E-state index contributed by atoms with van der Waals surface area (Å²) < 4.78 is 5.95. The molecule has 0 amide bonds. The number of hydrogen-bond acceptors (Lipinski definition) is 2. The first-order valence-corrected chi connectivity index (χ1v) is 7.07. The summed E-state index contributed by atoms with van der Waals surface area (Å²) >= 11 is 0. The second kappa shape index (κ2) is 8.08. The summed E-state index contributed by atoms with van der Waals surface area (Å²) in [6, 6.07) is 0.638. The lowest BCUT2D eigenvalue weighted by Crippen LogP contribution is -2.26. The van der Waals surface area contributed by atoms with Crippen LogP contribution in [0.4, 0.5) is 0 Å². The van der Waals surface area contributed by atoms with E-state index in [1.54, 1.807) is 0 Å². The van der Waals surface area contributed by atoms with E-state index in [0.717, 1.165) is 19.1 Å². The number of ether oxygens (including phenoxy) is 1. The van der Waals surface area contributed by atoms with Crippen LogP contribution < -0.4 is 5.32 Å². The summed E-state index contributed by atoms with van der Waals surface area (Å²) in [6.45, 7) is 8.79. The molecule has 0 aromatic carbocycles. The van der Waals surface area contributed by atoms with E-state index in [2.05, 4.69) is 26.1 Å². The van der Waals surface area contributed by atoms with Gasteiger partial charge in [0.1, 0.15) is 0 Å². The highest BCUT2D eigenvalue weighted by atomic mass is 16.5. The van der Waals surface area contributed by atoms with Crippen molar-refractivity contribution >= 4 is 0 Å². The largest absolute Gasteiger partial charge is 0.378 e. The molecule has 0 radical (unpaired) electrons. The van der Waals surface area contributed by atoms with Crippen LogP contribution in [0.3, 0.4) is 0 Å². The normalized spacial score (nSPS) is 27.9. The van der Waals surface area contributed by atoms with Crippen LogP contribution in [-0.2, 0) is 4.74 Å². The fourth-order valence-electron chi connectivity index (χ4n) is 2.62. The van der Waals surface area contributed by atoms with E-state index in [1.165, 1.54) is 38.5 Å². The van der Waals surface area contributed by atoms with Crippen LogP contribution in [0.15, 0.2) is 0 Å². The van der Waals surface area contributed by atoms with Crippen molar-refractivity contribution in [3.63, 3.8) is 0 Å². The summed E-state index contributed by atoms with van der Waals surface area (Å²) in [5.41, 5.74) is 0. The molecule has 0 aliphatic heterocycles. The van der Waals surface area contributed by atoms with Crippen molar-refractivity contribution in [2.75, 3.05) is 13.2 Å². The Labute approximate surface area is 101 Å². The maximum atomic E-state index is 5.95. The Bertz CT molecular complexity index is 172. The fraction of sp³-hybridized carbons (Fsp3) is 1.00. The molecule has 3 unspecified atom stereocenters. The van der Waals surface area contributed by atoms with Crippen molar-refractivity contribution in [1.82, 2.24) is 5.32 Å². The van der Waals surface area contributed by atoms with E-state index in [4.69, 9.17) is 4.74 Å². The summed E-state index contributed by atoms with van der Waals surface area (Å²) in [4.78, 5) is 0. The van der Waals surface area contributed by atoms with Gasteiger partial charge < -0.3 is 10.1 Å². The first-order valence-electron chi connectivity index (χ1n) is 7.07. The van der Waals surface area contributed by atoms with Gasteiger partial charge in [0.2, 0.25) is 0 Å². The van der Waals surface area contributed by atoms with Gasteiger partial charge in [0.15, 0.2) is 0 Å². The van der Waals surface area contributed by atoms with Crippen molar-refractivity contribution in [3.05, 3.63) is 0 Å². The van der Waals surface area contributed by atoms with Gasteiger partial charge in [-0.05, 0) is 45.1 Å². The summed E-state index contributed by atoms with van der Waals surface area (Å²) in [7, 11) is 0. The van der Waals surface area contributed by atoms with Crippen LogP contribution >= 0.6 is 0 Å². The Morgan fingerprint density at radius 2 is 2.19 bits per heavy atom. The lowest BCUT2D eigenvalue weighted by molar-refractivity contribution is 0.0132. The minimum atomic E-state index is 0.554. The molecule has 0 saturated heterocycles. The van der Waals surface area contributed by atoms with E-state index < -0.39 is 0 Å². The molecule has 1 saturated carbocycles. The molecule has 0 spiro atoms. The average Bonchev–Trinajstić information content (AvgIpc) is 2.25. The van der Waals surface area contributed by atoms with Gasteiger partial charge in [-0.2, -0.15) is 0 Å². The van der Waals surface area contributed by atoms with Gasteiger partial charge in [0.05, 0.1) is 6.10 Å². The Morgan fingerprint density at radius 3 is 2.88 bits per heavy atom. The van der Waals surface area contributed by atoms with Crippen molar-refractivity contribution in [2.24, 2.45) is 5.92 Å². The van der Waals surface area contributed by atoms with E-state index in [9.17, 15) is 0 Å². The molecule has 1 fully saturated rings. The molecule has 16 heavy (non-hydrogen) atoms. The van der Waals surface area contributed by atoms with Crippen molar-refractivity contribution in [2.45, 2.75) is 71.4 Å². The molecule has 2 nitrogen and oxygen atoms in total. The van der Waals surface area contributed by atoms with E-state index >= 15 is 0 Å². The smallest absolute Gasteiger partial charge is 0.0577 e. The van der Waals surface area contributed by atoms with Crippen molar-refractivity contribution < 1.29 is 4.74 Å². The SMILES string of the molecule is CCNC(C)CCCOC1CCCC(C)C1. The van der Waals surface area contributed by atoms with Crippen molar-refractivity contribution in [1.29, 1.82) is 0 Å². The molecule has 3 atom stereocenters. The maximum absolute atomic E-state index is 5.95. The average molecular weight is 227 g/mol. The number of rotatable bonds is 7. The van der Waals surface area contributed by atoms with Crippen LogP contribution in [0.2, 0.25) is 0 Å². The molecule has 0 aromatic rings. The van der Waals surface area contributed by atoms with Crippen LogP contribution in [0.1, 0.15) is 59.3 Å². The monoisotopic (exact) mass is 227 g/mol. The van der Waals surface area contributed by atoms with Gasteiger partial charge >= 0.3 is 0 Å².